The number of thioether (sulfide) groups is 1. The predicted octanol–water partition coefficient (Wildman–Crippen LogP) is 1.47. The fourth-order valence-electron chi connectivity index (χ4n) is 5.84. The molecule has 0 radical (unpaired) electrons. The third-order valence-electron chi connectivity index (χ3n) is 6.73. The Labute approximate surface area is 157 Å². The Morgan fingerprint density at radius 3 is 2.42 bits per heavy atom. The van der Waals surface area contributed by atoms with Crippen molar-refractivity contribution >= 4 is 17.7 Å². The van der Waals surface area contributed by atoms with Gasteiger partial charge in [0, 0.05) is 6.04 Å². The number of aromatic nitrogens is 3. The molecule has 7 nitrogen and oxygen atoms in total. The van der Waals surface area contributed by atoms with Gasteiger partial charge in [0.05, 0.1) is 5.75 Å². The standard InChI is InChI=1S/C18H27N5O2S/c1-10-16(25)23(19)17(22-21-10)26-9-15(24)20-11(2)18-6-12-3-13(7-18)5-14(4-12)8-18/h11-14H,3-9,19H2,1-2H3,(H,20,24)/t11-,12?,13?,14?,18?/m0/s1. The van der Waals surface area contributed by atoms with Crippen LogP contribution in [0.25, 0.3) is 0 Å². The minimum atomic E-state index is -0.384. The number of aryl methyl sites for hydroxylation is 1. The number of nitrogens with one attached hydrogen (secondary N) is 1. The van der Waals surface area contributed by atoms with E-state index in [0.29, 0.717) is 0 Å². The molecule has 5 rings (SSSR count). The minimum absolute atomic E-state index is 0.0342. The molecule has 1 heterocycles. The smallest absolute Gasteiger partial charge is 0.294 e. The summed E-state index contributed by atoms with van der Waals surface area (Å²) in [6, 6.07) is 0.188. The molecule has 1 atom stereocenters. The van der Waals surface area contributed by atoms with Crippen LogP contribution in [-0.4, -0.2) is 32.6 Å². The van der Waals surface area contributed by atoms with Crippen LogP contribution in [0.4, 0.5) is 0 Å². The molecule has 0 spiro atoms. The molecule has 0 saturated heterocycles. The molecule has 0 unspecified atom stereocenters. The molecule has 4 bridgehead atoms. The largest absolute Gasteiger partial charge is 0.352 e. The molecule has 1 aromatic heterocycles. The highest BCUT2D eigenvalue weighted by Gasteiger charge is 2.53. The second-order valence-corrected chi connectivity index (χ2v) is 9.54. The Morgan fingerprint density at radius 2 is 1.85 bits per heavy atom. The minimum Gasteiger partial charge on any atom is -0.352 e. The SMILES string of the molecule is Cc1nnc(SCC(=O)N[C@@H](C)C23CC4CC(CC(C4)C2)C3)n(N)c1=O. The number of nitrogens with zero attached hydrogens (tertiary/aromatic N) is 3. The Morgan fingerprint density at radius 1 is 1.27 bits per heavy atom. The molecule has 0 aliphatic heterocycles. The van der Waals surface area contributed by atoms with E-state index < -0.39 is 0 Å². The van der Waals surface area contributed by atoms with Crippen LogP contribution in [0.5, 0.6) is 0 Å². The Kier molecular flexibility index (Phi) is 4.49. The van der Waals surface area contributed by atoms with Crippen LogP contribution in [0.15, 0.2) is 9.95 Å². The average molecular weight is 378 g/mol. The zero-order valence-electron chi connectivity index (χ0n) is 15.4. The molecule has 1 amide bonds. The molecule has 8 heteroatoms. The molecular formula is C18H27N5O2S. The molecule has 1 aromatic rings. The number of rotatable bonds is 5. The van der Waals surface area contributed by atoms with Crippen LogP contribution in [0, 0.1) is 30.1 Å². The number of hydrogen-bond donors (Lipinski definition) is 2. The van der Waals surface area contributed by atoms with Gasteiger partial charge in [-0.15, -0.1) is 10.2 Å². The van der Waals surface area contributed by atoms with Gasteiger partial charge in [-0.2, -0.15) is 4.68 Å². The van der Waals surface area contributed by atoms with Gasteiger partial charge in [0.25, 0.3) is 5.56 Å². The first-order valence-electron chi connectivity index (χ1n) is 9.50. The maximum absolute atomic E-state index is 12.5. The highest BCUT2D eigenvalue weighted by Crippen LogP contribution is 2.61. The van der Waals surface area contributed by atoms with Crippen molar-refractivity contribution in [1.82, 2.24) is 20.2 Å². The van der Waals surface area contributed by atoms with E-state index >= 15 is 0 Å². The van der Waals surface area contributed by atoms with Crippen LogP contribution in [0.3, 0.4) is 0 Å². The van der Waals surface area contributed by atoms with Crippen LogP contribution in [0.1, 0.15) is 51.1 Å². The van der Waals surface area contributed by atoms with Crippen molar-refractivity contribution in [2.45, 2.75) is 63.6 Å². The first-order valence-corrected chi connectivity index (χ1v) is 10.5. The highest BCUT2D eigenvalue weighted by molar-refractivity contribution is 7.99. The van der Waals surface area contributed by atoms with Crippen molar-refractivity contribution in [3.63, 3.8) is 0 Å². The Balaban J connectivity index is 1.37. The van der Waals surface area contributed by atoms with Crippen molar-refractivity contribution in [3.8, 4) is 0 Å². The number of carbonyl (C=O) groups excluding carboxylic acids is 1. The van der Waals surface area contributed by atoms with Crippen LogP contribution in [0.2, 0.25) is 0 Å². The quantitative estimate of drug-likeness (QED) is 0.595. The van der Waals surface area contributed by atoms with Gasteiger partial charge in [-0.25, -0.2) is 0 Å². The number of hydrogen-bond acceptors (Lipinski definition) is 6. The van der Waals surface area contributed by atoms with Gasteiger partial charge in [0.2, 0.25) is 11.1 Å². The lowest BCUT2D eigenvalue weighted by molar-refractivity contribution is -0.123. The van der Waals surface area contributed by atoms with Gasteiger partial charge in [0.15, 0.2) is 0 Å². The van der Waals surface area contributed by atoms with E-state index in [0.717, 1.165) is 34.2 Å². The maximum atomic E-state index is 12.5. The summed E-state index contributed by atoms with van der Waals surface area (Å²) >= 11 is 1.15. The van der Waals surface area contributed by atoms with Crippen LogP contribution >= 0.6 is 11.8 Å². The summed E-state index contributed by atoms with van der Waals surface area (Å²) in [5.41, 5.74) is 0.149. The van der Waals surface area contributed by atoms with E-state index in [1.165, 1.54) is 38.5 Å². The first kappa shape index (κ1) is 17.8. The molecule has 4 saturated carbocycles. The van der Waals surface area contributed by atoms with Crippen molar-refractivity contribution in [3.05, 3.63) is 16.0 Å². The third kappa shape index (κ3) is 3.12. The number of amides is 1. The van der Waals surface area contributed by atoms with Gasteiger partial charge >= 0.3 is 0 Å². The molecule has 26 heavy (non-hydrogen) atoms. The maximum Gasteiger partial charge on any atom is 0.294 e. The molecule has 4 fully saturated rings. The summed E-state index contributed by atoms with van der Waals surface area (Å²) in [5, 5.41) is 11.2. The zero-order chi connectivity index (χ0) is 18.5. The molecule has 3 N–H and O–H groups in total. The average Bonchev–Trinajstić information content (AvgIpc) is 2.58. The monoisotopic (exact) mass is 377 g/mol. The van der Waals surface area contributed by atoms with Gasteiger partial charge in [0.1, 0.15) is 5.69 Å². The van der Waals surface area contributed by atoms with Crippen molar-refractivity contribution in [2.75, 3.05) is 11.6 Å². The summed E-state index contributed by atoms with van der Waals surface area (Å²) < 4.78 is 0.961. The Bertz CT molecular complexity index is 742. The lowest BCUT2D eigenvalue weighted by atomic mass is 9.48. The zero-order valence-corrected chi connectivity index (χ0v) is 16.2. The summed E-state index contributed by atoms with van der Waals surface area (Å²) in [6.45, 7) is 3.73. The topological polar surface area (TPSA) is 103 Å². The molecule has 142 valence electrons. The van der Waals surface area contributed by atoms with Crippen molar-refractivity contribution in [1.29, 1.82) is 0 Å². The van der Waals surface area contributed by atoms with Crippen molar-refractivity contribution in [2.24, 2.45) is 23.2 Å². The third-order valence-corrected chi connectivity index (χ3v) is 7.68. The van der Waals surface area contributed by atoms with Crippen LogP contribution in [-0.2, 0) is 4.79 Å². The fourth-order valence-corrected chi connectivity index (χ4v) is 6.51. The lowest BCUT2D eigenvalue weighted by Crippen LogP contribution is -2.56. The normalized spacial score (nSPS) is 33.2. The summed E-state index contributed by atoms with van der Waals surface area (Å²) in [7, 11) is 0. The van der Waals surface area contributed by atoms with E-state index in [2.05, 4.69) is 22.4 Å². The van der Waals surface area contributed by atoms with Gasteiger partial charge in [-0.1, -0.05) is 11.8 Å². The van der Waals surface area contributed by atoms with Gasteiger partial charge in [-0.05, 0) is 75.5 Å². The van der Waals surface area contributed by atoms with E-state index in [1.807, 2.05) is 0 Å². The van der Waals surface area contributed by atoms with Crippen molar-refractivity contribution < 1.29 is 4.79 Å². The summed E-state index contributed by atoms with van der Waals surface area (Å²) in [6.07, 6.45) is 7.99. The van der Waals surface area contributed by atoms with E-state index in [-0.39, 0.29) is 39.5 Å². The van der Waals surface area contributed by atoms with E-state index in [4.69, 9.17) is 5.84 Å². The van der Waals surface area contributed by atoms with Gasteiger partial charge < -0.3 is 11.2 Å². The van der Waals surface area contributed by atoms with Gasteiger partial charge in [-0.3, -0.25) is 9.59 Å². The summed E-state index contributed by atoms with van der Waals surface area (Å²) in [5.74, 6) is 8.47. The van der Waals surface area contributed by atoms with Crippen LogP contribution < -0.4 is 16.7 Å². The number of nitrogens with two attached hydrogens (primary N) is 1. The molecule has 4 aliphatic rings. The first-order chi connectivity index (χ1) is 12.4. The lowest BCUT2D eigenvalue weighted by Gasteiger charge is -2.59. The molecule has 4 aliphatic carbocycles. The second-order valence-electron chi connectivity index (χ2n) is 8.60. The summed E-state index contributed by atoms with van der Waals surface area (Å²) in [4.78, 5) is 24.3. The highest BCUT2D eigenvalue weighted by atomic mass is 32.2. The van der Waals surface area contributed by atoms with E-state index in [9.17, 15) is 9.59 Å². The number of carbonyl (C=O) groups is 1. The second kappa shape index (κ2) is 6.55. The molecule has 0 aromatic carbocycles. The predicted molar refractivity (Wildman–Crippen MR) is 100 cm³/mol. The molecular weight excluding hydrogens is 350 g/mol. The van der Waals surface area contributed by atoms with E-state index in [1.54, 1.807) is 6.92 Å². The number of nitrogen functional groups attached to an aromatic ring is 1. The Hall–Kier alpha value is -1.57. The fraction of sp³-hybridized carbons (Fsp3) is 0.778.